The molecule has 1 fully saturated rings. The number of carbonyl (C=O) groups is 1. The molecular weight excluding hydrogens is 475 g/mol. The van der Waals surface area contributed by atoms with Gasteiger partial charge in [0.05, 0.1) is 11.3 Å². The van der Waals surface area contributed by atoms with Crippen LogP contribution in [0.25, 0.3) is 0 Å². The largest absolute Gasteiger partial charge is 0.508 e. The maximum absolute atomic E-state index is 15.3. The Morgan fingerprint density at radius 3 is 2.27 bits per heavy atom. The molecule has 0 spiro atoms. The molecule has 0 bridgehead atoms. The molecule has 1 aliphatic heterocycles. The number of benzene rings is 2. The summed E-state index contributed by atoms with van der Waals surface area (Å²) in [6.07, 6.45) is 0. The van der Waals surface area contributed by atoms with Crippen LogP contribution < -0.4 is 10.2 Å². The maximum Gasteiger partial charge on any atom is 0.287 e. The Morgan fingerprint density at radius 2 is 1.70 bits per heavy atom. The van der Waals surface area contributed by atoms with Gasteiger partial charge in [0.15, 0.2) is 5.84 Å². The Bertz CT molecular complexity index is 1170. The van der Waals surface area contributed by atoms with Crippen LogP contribution in [0.3, 0.4) is 0 Å². The molecule has 0 atom stereocenters. The van der Waals surface area contributed by atoms with Crippen LogP contribution in [0.15, 0.2) is 30.3 Å². The number of aromatic hydroxyl groups is 2. The van der Waals surface area contributed by atoms with Crippen molar-refractivity contribution in [3.05, 3.63) is 52.8 Å². The van der Waals surface area contributed by atoms with Gasteiger partial charge in [0.2, 0.25) is 0 Å². The first-order valence-corrected chi connectivity index (χ1v) is 12.4. The molecule has 2 aromatic carbocycles. The zero-order chi connectivity index (χ0) is 27.4. The van der Waals surface area contributed by atoms with Crippen molar-refractivity contribution in [2.24, 2.45) is 0 Å². The van der Waals surface area contributed by atoms with Crippen molar-refractivity contribution in [2.75, 3.05) is 38.1 Å². The minimum atomic E-state index is -0.746. The number of likely N-dealkylation sites (N-methyl/N-ethyl adjacent to an activating group) is 1. The summed E-state index contributed by atoms with van der Waals surface area (Å²) in [5.74, 6) is -2.87. The monoisotopic (exact) mass is 512 g/mol. The van der Waals surface area contributed by atoms with Gasteiger partial charge in [-0.1, -0.05) is 19.9 Å². The fourth-order valence-electron chi connectivity index (χ4n) is 4.22. The first kappa shape index (κ1) is 28.1. The maximum atomic E-state index is 15.3. The quantitative estimate of drug-likeness (QED) is 0.298. The SMILES string of the molecule is CC(C)NC(=O)C(=N)N(C(=N)c1cc(C(C)C)c(O)cc1O)c1ccc(CN2CCN(C)CC2)c(F)c1. The van der Waals surface area contributed by atoms with Gasteiger partial charge in [-0.25, -0.2) is 4.39 Å². The topological polar surface area (TPSA) is 127 Å². The predicted molar refractivity (Wildman–Crippen MR) is 143 cm³/mol. The van der Waals surface area contributed by atoms with Crippen molar-refractivity contribution in [1.29, 1.82) is 10.8 Å². The number of nitrogens with one attached hydrogen (secondary N) is 3. The van der Waals surface area contributed by atoms with Gasteiger partial charge in [0.25, 0.3) is 5.91 Å². The molecule has 200 valence electrons. The number of carbonyl (C=O) groups excluding carboxylic acids is 1. The van der Waals surface area contributed by atoms with Crippen LogP contribution in [0.5, 0.6) is 11.5 Å². The van der Waals surface area contributed by atoms with Crippen LogP contribution >= 0.6 is 0 Å². The van der Waals surface area contributed by atoms with Gasteiger partial charge in [0.1, 0.15) is 23.2 Å². The zero-order valence-electron chi connectivity index (χ0n) is 22.1. The number of nitrogens with zero attached hydrogens (tertiary/aromatic N) is 3. The highest BCUT2D eigenvalue weighted by Gasteiger charge is 2.28. The average Bonchev–Trinajstić information content (AvgIpc) is 2.81. The third kappa shape index (κ3) is 6.64. The number of anilines is 1. The fourth-order valence-corrected chi connectivity index (χ4v) is 4.22. The van der Waals surface area contributed by atoms with E-state index in [1.54, 1.807) is 26.0 Å². The second kappa shape index (κ2) is 11.7. The van der Waals surface area contributed by atoms with Crippen LogP contribution in [0.4, 0.5) is 10.1 Å². The number of amides is 1. The number of halogens is 1. The van der Waals surface area contributed by atoms with E-state index in [2.05, 4.69) is 22.2 Å². The molecule has 37 heavy (non-hydrogen) atoms. The van der Waals surface area contributed by atoms with E-state index in [4.69, 9.17) is 10.8 Å². The number of rotatable bonds is 6. The Kier molecular flexibility index (Phi) is 8.88. The number of hydrogen-bond acceptors (Lipinski definition) is 7. The highest BCUT2D eigenvalue weighted by atomic mass is 19.1. The summed E-state index contributed by atoms with van der Waals surface area (Å²) in [6.45, 7) is 11.1. The van der Waals surface area contributed by atoms with Crippen molar-refractivity contribution in [3.63, 3.8) is 0 Å². The standard InChI is InChI=1S/C27H37FN6O3/c1-16(2)20-13-21(24(36)14-23(20)35)25(29)34(26(30)27(37)31-17(3)4)19-7-6-18(22(28)12-19)15-33-10-8-32(5)9-11-33/h6-7,12-14,16-17,29-30,35-36H,8-11,15H2,1-5H3,(H,31,37). The van der Waals surface area contributed by atoms with Gasteiger partial charge < -0.3 is 20.4 Å². The molecule has 2 aromatic rings. The molecule has 5 N–H and O–H groups in total. The summed E-state index contributed by atoms with van der Waals surface area (Å²) in [4.78, 5) is 18.2. The van der Waals surface area contributed by atoms with Gasteiger partial charge in [-0.3, -0.25) is 25.4 Å². The lowest BCUT2D eigenvalue weighted by Gasteiger charge is -2.32. The summed E-state index contributed by atoms with van der Waals surface area (Å²) >= 11 is 0. The normalized spacial score (nSPS) is 14.7. The number of amidine groups is 2. The van der Waals surface area contributed by atoms with E-state index in [-0.39, 0.29) is 34.7 Å². The van der Waals surface area contributed by atoms with E-state index in [0.717, 1.165) is 37.1 Å². The van der Waals surface area contributed by atoms with E-state index in [0.29, 0.717) is 17.7 Å². The minimum Gasteiger partial charge on any atom is -0.508 e. The van der Waals surface area contributed by atoms with Gasteiger partial charge in [-0.05, 0) is 50.6 Å². The first-order chi connectivity index (χ1) is 17.4. The van der Waals surface area contributed by atoms with Gasteiger partial charge >= 0.3 is 0 Å². The lowest BCUT2D eigenvalue weighted by molar-refractivity contribution is -0.115. The minimum absolute atomic E-state index is 0.00511. The average molecular weight is 513 g/mol. The summed E-state index contributed by atoms with van der Waals surface area (Å²) in [7, 11) is 2.05. The number of phenols is 2. The van der Waals surface area contributed by atoms with Crippen molar-refractivity contribution in [1.82, 2.24) is 15.1 Å². The molecule has 0 unspecified atom stereocenters. The first-order valence-electron chi connectivity index (χ1n) is 12.4. The highest BCUT2D eigenvalue weighted by molar-refractivity contribution is 6.48. The number of phenolic OH excluding ortho intramolecular Hbond substituents is 2. The van der Waals surface area contributed by atoms with Crippen LogP contribution in [0, 0.1) is 16.6 Å². The van der Waals surface area contributed by atoms with Crippen molar-refractivity contribution in [2.45, 2.75) is 46.2 Å². The molecule has 0 saturated carbocycles. The van der Waals surface area contributed by atoms with Crippen molar-refractivity contribution < 1.29 is 19.4 Å². The van der Waals surface area contributed by atoms with E-state index >= 15 is 4.39 Å². The van der Waals surface area contributed by atoms with Crippen molar-refractivity contribution >= 4 is 23.3 Å². The summed E-state index contributed by atoms with van der Waals surface area (Å²) in [6, 6.07) is 6.71. The van der Waals surface area contributed by atoms with E-state index in [1.807, 2.05) is 13.8 Å². The highest BCUT2D eigenvalue weighted by Crippen LogP contribution is 2.34. The molecule has 10 heteroatoms. The zero-order valence-corrected chi connectivity index (χ0v) is 22.1. The predicted octanol–water partition coefficient (Wildman–Crippen LogP) is 3.44. The van der Waals surface area contributed by atoms with Crippen LogP contribution in [-0.2, 0) is 11.3 Å². The Morgan fingerprint density at radius 1 is 1.05 bits per heavy atom. The Hall–Kier alpha value is -3.50. The fraction of sp³-hybridized carbons (Fsp3) is 0.444. The van der Waals surface area contributed by atoms with Gasteiger partial charge in [-0.2, -0.15) is 0 Å². The van der Waals surface area contributed by atoms with Crippen molar-refractivity contribution in [3.8, 4) is 11.5 Å². The van der Waals surface area contributed by atoms with Crippen LogP contribution in [-0.4, -0.2) is 76.9 Å². The second-order valence-corrected chi connectivity index (χ2v) is 10.1. The van der Waals surface area contributed by atoms with E-state index < -0.39 is 23.4 Å². The number of piperazine rings is 1. The molecule has 9 nitrogen and oxygen atoms in total. The molecule has 1 aliphatic rings. The molecule has 1 saturated heterocycles. The third-order valence-corrected chi connectivity index (χ3v) is 6.39. The number of hydrogen-bond donors (Lipinski definition) is 5. The van der Waals surface area contributed by atoms with E-state index in [9.17, 15) is 15.0 Å². The Balaban J connectivity index is 2.00. The lowest BCUT2D eigenvalue weighted by atomic mass is 9.98. The van der Waals surface area contributed by atoms with E-state index in [1.165, 1.54) is 12.1 Å². The third-order valence-electron chi connectivity index (χ3n) is 6.39. The molecule has 0 aliphatic carbocycles. The molecule has 1 heterocycles. The summed E-state index contributed by atoms with van der Waals surface area (Å²) in [5, 5.41) is 40.8. The summed E-state index contributed by atoms with van der Waals surface area (Å²) < 4.78 is 15.3. The van der Waals surface area contributed by atoms with Gasteiger partial charge in [0, 0.05) is 50.4 Å². The lowest BCUT2D eigenvalue weighted by Crippen LogP contribution is -2.47. The molecule has 1 amide bonds. The molecule has 0 radical (unpaired) electrons. The molecular formula is C27H37FN6O3. The Labute approximate surface area is 217 Å². The smallest absolute Gasteiger partial charge is 0.287 e. The molecule has 3 rings (SSSR count). The molecule has 0 aromatic heterocycles. The second-order valence-electron chi connectivity index (χ2n) is 10.1. The van der Waals surface area contributed by atoms with Gasteiger partial charge in [-0.15, -0.1) is 0 Å². The van der Waals surface area contributed by atoms with Crippen LogP contribution in [0.2, 0.25) is 0 Å². The van der Waals surface area contributed by atoms with Crippen LogP contribution in [0.1, 0.15) is 50.3 Å². The summed E-state index contributed by atoms with van der Waals surface area (Å²) in [5.41, 5.74) is 1.08.